The quantitative estimate of drug-likeness (QED) is 0.318. The molecule has 2 atom stereocenters. The maximum atomic E-state index is 11.2. The molecule has 0 heterocycles. The molecule has 8 nitrogen and oxygen atoms in total. The zero-order valence-corrected chi connectivity index (χ0v) is 9.35. The van der Waals surface area contributed by atoms with E-state index in [1.807, 2.05) is 0 Å². The summed E-state index contributed by atoms with van der Waals surface area (Å²) in [6, 6.07) is -1.11. The van der Waals surface area contributed by atoms with Crippen molar-refractivity contribution in [1.29, 1.82) is 0 Å². The van der Waals surface area contributed by atoms with Crippen LogP contribution in [0.1, 0.15) is 13.3 Å². The van der Waals surface area contributed by atoms with Gasteiger partial charge in [0.15, 0.2) is 0 Å². The van der Waals surface area contributed by atoms with Gasteiger partial charge in [0.2, 0.25) is 5.91 Å². The molecule has 0 aromatic heterocycles. The molecule has 0 bridgehead atoms. The van der Waals surface area contributed by atoms with Gasteiger partial charge in [-0.25, -0.2) is 4.79 Å². The third-order valence-corrected chi connectivity index (χ3v) is 1.92. The van der Waals surface area contributed by atoms with Crippen LogP contribution < -0.4 is 5.32 Å². The van der Waals surface area contributed by atoms with Crippen molar-refractivity contribution in [2.45, 2.75) is 25.5 Å². The summed E-state index contributed by atoms with van der Waals surface area (Å²) in [6.07, 6.45) is -1.22. The minimum Gasteiger partial charge on any atom is -0.480 e. The highest BCUT2D eigenvalue weighted by Crippen LogP contribution is 1.98. The predicted molar refractivity (Wildman–Crippen MR) is 55.6 cm³/mol. The Kier molecular flexibility index (Phi) is 6.23. The van der Waals surface area contributed by atoms with Gasteiger partial charge < -0.3 is 15.3 Å². The monoisotopic (exact) mass is 252 g/mol. The van der Waals surface area contributed by atoms with Crippen LogP contribution in [0.3, 0.4) is 0 Å². The van der Waals surface area contributed by atoms with E-state index in [9.17, 15) is 19.7 Å². The van der Waals surface area contributed by atoms with E-state index in [2.05, 4.69) is 22.8 Å². The molecule has 1 amide bonds. The van der Waals surface area contributed by atoms with Gasteiger partial charge in [0, 0.05) is 5.75 Å². The SMILES string of the molecule is CC(CC(=O)NC(CS)C(=O)O)O[N+](=O)[O-]. The molecule has 0 aromatic carbocycles. The molecule has 2 unspecified atom stereocenters. The molecule has 0 aliphatic carbocycles. The van der Waals surface area contributed by atoms with Crippen molar-refractivity contribution in [3.8, 4) is 0 Å². The Morgan fingerprint density at radius 3 is 2.56 bits per heavy atom. The molecule has 0 aliphatic heterocycles. The second-order valence-corrected chi connectivity index (χ2v) is 3.35. The zero-order valence-electron chi connectivity index (χ0n) is 8.45. The Bertz CT molecular complexity index is 284. The number of aliphatic carboxylic acids is 1. The van der Waals surface area contributed by atoms with Crippen LogP contribution in [0.5, 0.6) is 0 Å². The molecule has 9 heteroatoms. The van der Waals surface area contributed by atoms with Crippen LogP contribution in [-0.2, 0) is 14.4 Å². The Labute approximate surface area is 96.5 Å². The Balaban J connectivity index is 4.06. The van der Waals surface area contributed by atoms with E-state index in [0.29, 0.717) is 0 Å². The second-order valence-electron chi connectivity index (χ2n) is 2.98. The highest BCUT2D eigenvalue weighted by Gasteiger charge is 2.20. The maximum Gasteiger partial charge on any atom is 0.327 e. The van der Waals surface area contributed by atoms with Gasteiger partial charge in [0.25, 0.3) is 5.09 Å². The third-order valence-electron chi connectivity index (χ3n) is 1.55. The van der Waals surface area contributed by atoms with Gasteiger partial charge in [0.1, 0.15) is 12.1 Å². The van der Waals surface area contributed by atoms with Gasteiger partial charge in [-0.05, 0) is 6.92 Å². The summed E-state index contributed by atoms with van der Waals surface area (Å²) in [5.41, 5.74) is 0. The Hall–Kier alpha value is -1.51. The molecule has 16 heavy (non-hydrogen) atoms. The van der Waals surface area contributed by atoms with Crippen LogP contribution in [0.4, 0.5) is 0 Å². The van der Waals surface area contributed by atoms with E-state index in [0.717, 1.165) is 0 Å². The van der Waals surface area contributed by atoms with Crippen LogP contribution in [0.2, 0.25) is 0 Å². The predicted octanol–water partition coefficient (Wildman–Crippen LogP) is -0.527. The minimum absolute atomic E-state index is 0.0639. The van der Waals surface area contributed by atoms with Crippen molar-refractivity contribution >= 4 is 24.5 Å². The molecule has 0 aromatic rings. The molecular weight excluding hydrogens is 240 g/mol. The van der Waals surface area contributed by atoms with Crippen molar-refractivity contribution in [2.24, 2.45) is 0 Å². The first-order valence-corrected chi connectivity index (χ1v) is 4.94. The largest absolute Gasteiger partial charge is 0.480 e. The van der Waals surface area contributed by atoms with Crippen molar-refractivity contribution in [1.82, 2.24) is 5.32 Å². The topological polar surface area (TPSA) is 119 Å². The lowest BCUT2D eigenvalue weighted by Crippen LogP contribution is -2.43. The van der Waals surface area contributed by atoms with Crippen molar-refractivity contribution < 1.29 is 24.6 Å². The number of nitrogens with one attached hydrogen (secondary N) is 1. The van der Waals surface area contributed by atoms with Crippen LogP contribution in [-0.4, -0.2) is 40.0 Å². The van der Waals surface area contributed by atoms with Crippen LogP contribution >= 0.6 is 12.6 Å². The normalized spacial score (nSPS) is 13.6. The molecule has 0 radical (unpaired) electrons. The van der Waals surface area contributed by atoms with Crippen molar-refractivity contribution in [2.75, 3.05) is 5.75 Å². The summed E-state index contributed by atoms with van der Waals surface area (Å²) in [4.78, 5) is 35.7. The van der Waals surface area contributed by atoms with Gasteiger partial charge >= 0.3 is 5.97 Å². The molecule has 2 N–H and O–H groups in total. The standard InChI is InChI=1S/C7H12N2O6S/c1-4(15-9(13)14)2-6(10)8-5(3-16)7(11)12/h4-5,16H,2-3H2,1H3,(H,8,10)(H,11,12). The Morgan fingerprint density at radius 2 is 2.19 bits per heavy atom. The first kappa shape index (κ1) is 14.5. The summed E-state index contributed by atoms with van der Waals surface area (Å²) >= 11 is 3.74. The lowest BCUT2D eigenvalue weighted by atomic mass is 10.2. The number of hydrogen-bond donors (Lipinski definition) is 3. The molecule has 0 rings (SSSR count). The van der Waals surface area contributed by atoms with Crippen molar-refractivity contribution in [3.63, 3.8) is 0 Å². The van der Waals surface area contributed by atoms with Gasteiger partial charge in [-0.1, -0.05) is 0 Å². The smallest absolute Gasteiger partial charge is 0.327 e. The fraction of sp³-hybridized carbons (Fsp3) is 0.714. The average molecular weight is 252 g/mol. The fourth-order valence-corrected chi connectivity index (χ4v) is 1.13. The zero-order chi connectivity index (χ0) is 12.7. The highest BCUT2D eigenvalue weighted by molar-refractivity contribution is 7.80. The number of carboxylic acid groups (broad SMARTS) is 1. The van der Waals surface area contributed by atoms with Crippen LogP contribution in [0.15, 0.2) is 0 Å². The lowest BCUT2D eigenvalue weighted by molar-refractivity contribution is -0.767. The summed E-state index contributed by atoms with van der Waals surface area (Å²) in [6.45, 7) is 1.33. The highest BCUT2D eigenvalue weighted by atomic mass is 32.1. The second kappa shape index (κ2) is 6.88. The van der Waals surface area contributed by atoms with Crippen LogP contribution in [0.25, 0.3) is 0 Å². The minimum atomic E-state index is -1.22. The summed E-state index contributed by atoms with van der Waals surface area (Å²) in [5.74, 6) is -1.92. The number of hydrogen-bond acceptors (Lipinski definition) is 6. The van der Waals surface area contributed by atoms with E-state index in [1.54, 1.807) is 0 Å². The molecular formula is C7H12N2O6S. The molecule has 0 fully saturated rings. The average Bonchev–Trinajstić information content (AvgIpc) is 2.11. The van der Waals surface area contributed by atoms with Gasteiger partial charge in [0.05, 0.1) is 6.42 Å². The van der Waals surface area contributed by atoms with Gasteiger partial charge in [-0.15, -0.1) is 10.1 Å². The van der Waals surface area contributed by atoms with E-state index in [1.165, 1.54) is 6.92 Å². The molecule has 0 saturated carbocycles. The fourth-order valence-electron chi connectivity index (χ4n) is 0.884. The molecule has 0 aliphatic rings. The summed E-state index contributed by atoms with van der Waals surface area (Å²) in [7, 11) is 0. The summed E-state index contributed by atoms with van der Waals surface area (Å²) in [5, 5.41) is 19.7. The summed E-state index contributed by atoms with van der Waals surface area (Å²) < 4.78 is 0. The van der Waals surface area contributed by atoms with E-state index < -0.39 is 29.1 Å². The lowest BCUT2D eigenvalue weighted by Gasteiger charge is -2.13. The Morgan fingerprint density at radius 1 is 1.62 bits per heavy atom. The van der Waals surface area contributed by atoms with Crippen LogP contribution in [0, 0.1) is 10.1 Å². The number of nitrogens with zero attached hydrogens (tertiary/aromatic N) is 1. The van der Waals surface area contributed by atoms with Gasteiger partial charge in [-0.3, -0.25) is 4.79 Å². The maximum absolute atomic E-state index is 11.2. The van der Waals surface area contributed by atoms with E-state index in [4.69, 9.17) is 5.11 Å². The number of carboxylic acids is 1. The first-order valence-electron chi connectivity index (χ1n) is 4.31. The molecule has 0 saturated heterocycles. The number of carbonyl (C=O) groups is 2. The molecule has 92 valence electrons. The van der Waals surface area contributed by atoms with Gasteiger partial charge in [-0.2, -0.15) is 12.6 Å². The van der Waals surface area contributed by atoms with E-state index in [-0.39, 0.29) is 12.2 Å². The first-order chi connectivity index (χ1) is 7.36. The number of thiol groups is 1. The number of rotatable bonds is 7. The number of carbonyl (C=O) groups excluding carboxylic acids is 1. The number of amides is 1. The third kappa shape index (κ3) is 6.06. The molecule has 0 spiro atoms. The van der Waals surface area contributed by atoms with E-state index >= 15 is 0 Å². The van der Waals surface area contributed by atoms with Crippen molar-refractivity contribution in [3.05, 3.63) is 10.1 Å².